The first-order valence-corrected chi connectivity index (χ1v) is 4.07. The first-order valence-electron chi connectivity index (χ1n) is 3.69. The summed E-state index contributed by atoms with van der Waals surface area (Å²) in [5.41, 5.74) is -0.608. The van der Waals surface area contributed by atoms with E-state index in [1.165, 1.54) is 12.3 Å². The molecule has 0 fully saturated rings. The van der Waals surface area contributed by atoms with Crippen molar-refractivity contribution in [1.82, 2.24) is 9.97 Å². The third kappa shape index (κ3) is 1.43. The van der Waals surface area contributed by atoms with Gasteiger partial charge in [0, 0.05) is 11.6 Å². The summed E-state index contributed by atoms with van der Waals surface area (Å²) in [4.78, 5) is 5.85. The zero-order chi connectivity index (χ0) is 10.3. The van der Waals surface area contributed by atoms with Crippen LogP contribution in [0.3, 0.4) is 0 Å². The molecule has 2 nitrogen and oxygen atoms in total. The van der Waals surface area contributed by atoms with E-state index in [9.17, 15) is 13.2 Å². The van der Waals surface area contributed by atoms with Gasteiger partial charge in [0.25, 0.3) is 0 Å². The molecule has 0 radical (unpaired) electrons. The predicted molar refractivity (Wildman–Crippen MR) is 46.1 cm³/mol. The fourth-order valence-corrected chi connectivity index (χ4v) is 1.39. The first-order chi connectivity index (χ1) is 6.48. The zero-order valence-electron chi connectivity index (χ0n) is 6.69. The van der Waals surface area contributed by atoms with Gasteiger partial charge < -0.3 is 4.98 Å². The minimum atomic E-state index is -4.39. The van der Waals surface area contributed by atoms with Crippen LogP contribution in [0, 0.1) is 0 Å². The minimum Gasteiger partial charge on any atom is -0.348 e. The van der Waals surface area contributed by atoms with E-state index < -0.39 is 11.9 Å². The molecule has 2 heterocycles. The van der Waals surface area contributed by atoms with E-state index in [4.69, 9.17) is 11.6 Å². The molecule has 1 N–H and O–H groups in total. The van der Waals surface area contributed by atoms with E-state index >= 15 is 0 Å². The third-order valence-corrected chi connectivity index (χ3v) is 2.09. The van der Waals surface area contributed by atoms with E-state index in [-0.39, 0.29) is 10.7 Å². The maximum atomic E-state index is 12.3. The molecule has 2 rings (SSSR count). The van der Waals surface area contributed by atoms with Crippen LogP contribution >= 0.6 is 11.6 Å². The summed E-state index contributed by atoms with van der Waals surface area (Å²) in [5, 5.41) is 0.440. The standard InChI is InChI=1S/C8H4ClF3N2/c9-7-6-4(1-2-13-7)3-5(14-6)8(10,11)12/h1-3,14H. The lowest BCUT2D eigenvalue weighted by atomic mass is 10.3. The molecule has 6 heteroatoms. The molecule has 0 spiro atoms. The number of hydrogen-bond acceptors (Lipinski definition) is 1. The Kier molecular flexibility index (Phi) is 1.92. The van der Waals surface area contributed by atoms with E-state index in [0.29, 0.717) is 5.39 Å². The van der Waals surface area contributed by atoms with Crippen LogP contribution in [0.5, 0.6) is 0 Å². The monoisotopic (exact) mass is 220 g/mol. The van der Waals surface area contributed by atoms with Crippen molar-refractivity contribution >= 4 is 22.5 Å². The number of halogens is 4. The predicted octanol–water partition coefficient (Wildman–Crippen LogP) is 3.24. The summed E-state index contributed by atoms with van der Waals surface area (Å²) in [7, 11) is 0. The molecule has 74 valence electrons. The molecular formula is C8H4ClF3N2. The average Bonchev–Trinajstić information content (AvgIpc) is 2.48. The Labute approximate surface area is 81.7 Å². The molecule has 0 saturated heterocycles. The van der Waals surface area contributed by atoms with Gasteiger partial charge in [-0.2, -0.15) is 13.2 Å². The number of nitrogens with one attached hydrogen (secondary N) is 1. The van der Waals surface area contributed by atoms with Gasteiger partial charge in [0.15, 0.2) is 5.15 Å². The Bertz CT molecular complexity index is 475. The highest BCUT2D eigenvalue weighted by Gasteiger charge is 2.32. The van der Waals surface area contributed by atoms with Gasteiger partial charge in [-0.1, -0.05) is 11.6 Å². The molecule has 0 bridgehead atoms. The molecule has 0 aliphatic heterocycles. The van der Waals surface area contributed by atoms with E-state index in [1.807, 2.05) is 0 Å². The topological polar surface area (TPSA) is 28.7 Å². The average molecular weight is 221 g/mol. The smallest absolute Gasteiger partial charge is 0.348 e. The molecular weight excluding hydrogens is 217 g/mol. The SMILES string of the molecule is FC(F)(F)c1cc2ccnc(Cl)c2[nH]1. The van der Waals surface area contributed by atoms with Crippen LogP contribution in [-0.2, 0) is 6.18 Å². The normalized spacial score (nSPS) is 12.3. The van der Waals surface area contributed by atoms with E-state index in [0.717, 1.165) is 6.07 Å². The number of hydrogen-bond donors (Lipinski definition) is 1. The van der Waals surface area contributed by atoms with Crippen molar-refractivity contribution in [3.63, 3.8) is 0 Å². The Morgan fingerprint density at radius 3 is 2.64 bits per heavy atom. The van der Waals surface area contributed by atoms with Gasteiger partial charge in [0.05, 0.1) is 5.52 Å². The highest BCUT2D eigenvalue weighted by molar-refractivity contribution is 6.33. The van der Waals surface area contributed by atoms with Gasteiger partial charge in [0.1, 0.15) is 5.69 Å². The summed E-state index contributed by atoms with van der Waals surface area (Å²) in [5.74, 6) is 0. The van der Waals surface area contributed by atoms with Crippen LogP contribution in [0.2, 0.25) is 5.15 Å². The Morgan fingerprint density at radius 2 is 2.07 bits per heavy atom. The number of alkyl halides is 3. The van der Waals surface area contributed by atoms with Crippen molar-refractivity contribution in [2.24, 2.45) is 0 Å². The maximum absolute atomic E-state index is 12.3. The molecule has 0 aromatic carbocycles. The van der Waals surface area contributed by atoms with Crippen molar-refractivity contribution in [3.05, 3.63) is 29.2 Å². The van der Waals surface area contributed by atoms with Gasteiger partial charge in [-0.15, -0.1) is 0 Å². The third-order valence-electron chi connectivity index (χ3n) is 1.80. The van der Waals surface area contributed by atoms with Crippen molar-refractivity contribution in [3.8, 4) is 0 Å². The fourth-order valence-electron chi connectivity index (χ4n) is 1.17. The molecule has 0 saturated carbocycles. The number of nitrogens with zero attached hydrogens (tertiary/aromatic N) is 1. The van der Waals surface area contributed by atoms with Crippen molar-refractivity contribution in [1.29, 1.82) is 0 Å². The number of H-pyrrole nitrogens is 1. The highest BCUT2D eigenvalue weighted by atomic mass is 35.5. The summed E-state index contributed by atoms with van der Waals surface area (Å²) < 4.78 is 36.8. The lowest BCUT2D eigenvalue weighted by molar-refractivity contribution is -0.140. The maximum Gasteiger partial charge on any atom is 0.431 e. The molecule has 0 atom stereocenters. The second-order valence-electron chi connectivity index (χ2n) is 2.75. The summed E-state index contributed by atoms with van der Waals surface area (Å²) in [6.07, 6.45) is -3.03. The number of aromatic amines is 1. The number of pyridine rings is 1. The van der Waals surface area contributed by atoms with E-state index in [1.54, 1.807) is 0 Å². The Morgan fingerprint density at radius 1 is 1.36 bits per heavy atom. The Balaban J connectivity index is 2.69. The van der Waals surface area contributed by atoms with E-state index in [2.05, 4.69) is 9.97 Å². The number of rotatable bonds is 0. The zero-order valence-corrected chi connectivity index (χ0v) is 7.45. The quantitative estimate of drug-likeness (QED) is 0.679. The highest BCUT2D eigenvalue weighted by Crippen LogP contribution is 2.32. The molecule has 14 heavy (non-hydrogen) atoms. The first kappa shape index (κ1) is 9.33. The van der Waals surface area contributed by atoms with Crippen LogP contribution in [0.4, 0.5) is 13.2 Å². The molecule has 2 aromatic rings. The van der Waals surface area contributed by atoms with Gasteiger partial charge in [-0.05, 0) is 12.1 Å². The van der Waals surface area contributed by atoms with Crippen molar-refractivity contribution in [2.75, 3.05) is 0 Å². The Hall–Kier alpha value is -1.23. The number of fused-ring (bicyclic) bond motifs is 1. The minimum absolute atomic E-state index is 0.0398. The molecule has 2 aromatic heterocycles. The van der Waals surface area contributed by atoms with Gasteiger partial charge in [-0.25, -0.2) is 4.98 Å². The lowest BCUT2D eigenvalue weighted by Gasteiger charge is -2.00. The van der Waals surface area contributed by atoms with Crippen LogP contribution in [0.1, 0.15) is 5.69 Å². The second kappa shape index (κ2) is 2.88. The molecule has 0 aliphatic carbocycles. The van der Waals surface area contributed by atoms with Crippen molar-refractivity contribution < 1.29 is 13.2 Å². The van der Waals surface area contributed by atoms with Crippen LogP contribution < -0.4 is 0 Å². The fraction of sp³-hybridized carbons (Fsp3) is 0.125. The van der Waals surface area contributed by atoms with Crippen molar-refractivity contribution in [2.45, 2.75) is 6.18 Å². The summed E-state index contributed by atoms with van der Waals surface area (Å²) in [6.45, 7) is 0. The van der Waals surface area contributed by atoms with Crippen LogP contribution in [0.25, 0.3) is 10.9 Å². The summed E-state index contributed by atoms with van der Waals surface area (Å²) >= 11 is 5.61. The largest absolute Gasteiger partial charge is 0.431 e. The van der Waals surface area contributed by atoms with Gasteiger partial charge >= 0.3 is 6.18 Å². The van der Waals surface area contributed by atoms with Gasteiger partial charge in [-0.3, -0.25) is 0 Å². The van der Waals surface area contributed by atoms with Crippen LogP contribution in [0.15, 0.2) is 18.3 Å². The molecule has 0 aliphatic rings. The second-order valence-corrected chi connectivity index (χ2v) is 3.10. The summed E-state index contributed by atoms with van der Waals surface area (Å²) in [6, 6.07) is 2.47. The van der Waals surface area contributed by atoms with Gasteiger partial charge in [0.2, 0.25) is 0 Å². The molecule has 0 unspecified atom stereocenters. The molecule has 0 amide bonds. The van der Waals surface area contributed by atoms with Crippen LogP contribution in [-0.4, -0.2) is 9.97 Å². The number of aromatic nitrogens is 2. The lowest BCUT2D eigenvalue weighted by Crippen LogP contribution is -2.04.